The normalized spacial score (nSPS) is 17.1. The van der Waals surface area contributed by atoms with Crippen LogP contribution in [-0.2, 0) is 0 Å². The van der Waals surface area contributed by atoms with Gasteiger partial charge < -0.3 is 4.74 Å². The molecule has 0 aliphatic heterocycles. The van der Waals surface area contributed by atoms with Crippen LogP contribution >= 0.6 is 0 Å². The van der Waals surface area contributed by atoms with Gasteiger partial charge >= 0.3 is 12.4 Å². The molecule has 0 radical (unpaired) electrons. The number of para-hydroxylation sites is 1. The van der Waals surface area contributed by atoms with Gasteiger partial charge in [0, 0.05) is 51.9 Å². The molecule has 0 bridgehead atoms. The average Bonchev–Trinajstić information content (AvgIpc) is 3.52. The van der Waals surface area contributed by atoms with E-state index < -0.39 is 36.2 Å². The van der Waals surface area contributed by atoms with Gasteiger partial charge in [-0.1, -0.05) is 24.3 Å². The SMILES string of the molecule is Cc1cc(Oc2ccc3c4ccccc4n(-c4cc(C)ccn4)c3c2)cc(-n2nc(C)c([C@@H]3C(C(F)(F)F)=CCC[C@@H]3C(F)(F)F)c2C)c1. The first-order valence-corrected chi connectivity index (χ1v) is 15.9. The molecule has 0 saturated heterocycles. The predicted octanol–water partition coefficient (Wildman–Crippen LogP) is 10.9. The van der Waals surface area contributed by atoms with Gasteiger partial charge in [-0.05, 0) is 94.1 Å². The summed E-state index contributed by atoms with van der Waals surface area (Å²) in [6.45, 7) is 6.81. The van der Waals surface area contributed by atoms with Crippen molar-refractivity contribution in [3.05, 3.63) is 119 Å². The molecule has 3 heterocycles. The van der Waals surface area contributed by atoms with Crippen LogP contribution in [-0.4, -0.2) is 31.7 Å². The quantitative estimate of drug-likeness (QED) is 0.135. The number of ether oxygens (including phenoxy) is 1. The zero-order chi connectivity index (χ0) is 34.8. The number of fused-ring (bicyclic) bond motifs is 3. The smallest absolute Gasteiger partial charge is 0.412 e. The van der Waals surface area contributed by atoms with Crippen LogP contribution < -0.4 is 4.74 Å². The fourth-order valence-corrected chi connectivity index (χ4v) is 7.24. The fourth-order valence-electron chi connectivity index (χ4n) is 7.24. The highest BCUT2D eigenvalue weighted by Gasteiger charge is 2.54. The molecule has 0 N–H and O–H groups in total. The summed E-state index contributed by atoms with van der Waals surface area (Å²) >= 11 is 0. The number of nitrogens with zero attached hydrogens (tertiary/aromatic N) is 4. The van der Waals surface area contributed by atoms with Gasteiger partial charge in [-0.15, -0.1) is 0 Å². The molecule has 2 atom stereocenters. The lowest BCUT2D eigenvalue weighted by Crippen LogP contribution is -2.36. The van der Waals surface area contributed by atoms with E-state index in [1.54, 1.807) is 18.3 Å². The van der Waals surface area contributed by atoms with E-state index in [1.165, 1.54) is 18.5 Å². The maximum Gasteiger partial charge on any atom is 0.412 e. The van der Waals surface area contributed by atoms with E-state index in [2.05, 4.69) is 20.7 Å². The molecule has 5 nitrogen and oxygen atoms in total. The van der Waals surface area contributed by atoms with Crippen molar-refractivity contribution in [2.45, 2.75) is 58.8 Å². The molecule has 252 valence electrons. The molecule has 1 aliphatic carbocycles. The lowest BCUT2D eigenvalue weighted by molar-refractivity contribution is -0.187. The number of rotatable bonds is 5. The second-order valence-corrected chi connectivity index (χ2v) is 12.7. The Morgan fingerprint density at radius 1 is 0.776 bits per heavy atom. The maximum absolute atomic E-state index is 14.2. The van der Waals surface area contributed by atoms with E-state index >= 15 is 0 Å². The highest BCUT2D eigenvalue weighted by Crippen LogP contribution is 2.53. The number of alkyl halides is 6. The zero-order valence-corrected chi connectivity index (χ0v) is 27.1. The second kappa shape index (κ2) is 11.8. The molecule has 0 amide bonds. The first-order valence-electron chi connectivity index (χ1n) is 15.9. The number of aromatic nitrogens is 4. The molecule has 1 aliphatic rings. The monoisotopic (exact) mass is 674 g/mol. The molecule has 3 aromatic heterocycles. The number of hydrogen-bond acceptors (Lipinski definition) is 3. The van der Waals surface area contributed by atoms with Gasteiger partial charge in [0.25, 0.3) is 0 Å². The molecular formula is C38H32F6N4O. The van der Waals surface area contributed by atoms with Gasteiger partial charge in [-0.2, -0.15) is 31.4 Å². The number of halogens is 6. The Labute approximate surface area is 278 Å². The van der Waals surface area contributed by atoms with Crippen LogP contribution in [0.2, 0.25) is 0 Å². The second-order valence-electron chi connectivity index (χ2n) is 12.7. The number of pyridine rings is 1. The summed E-state index contributed by atoms with van der Waals surface area (Å²) in [4.78, 5) is 4.62. The summed E-state index contributed by atoms with van der Waals surface area (Å²) in [6.07, 6.45) is -7.79. The van der Waals surface area contributed by atoms with Gasteiger partial charge in [-0.25, -0.2) is 9.67 Å². The van der Waals surface area contributed by atoms with Gasteiger partial charge in [-0.3, -0.25) is 4.57 Å². The molecule has 49 heavy (non-hydrogen) atoms. The predicted molar refractivity (Wildman–Crippen MR) is 177 cm³/mol. The first-order chi connectivity index (χ1) is 23.2. The van der Waals surface area contributed by atoms with Gasteiger partial charge in [0.05, 0.1) is 28.3 Å². The van der Waals surface area contributed by atoms with Crippen molar-refractivity contribution in [1.29, 1.82) is 0 Å². The summed E-state index contributed by atoms with van der Waals surface area (Å²) in [5.74, 6) is -2.37. The van der Waals surface area contributed by atoms with Crippen molar-refractivity contribution < 1.29 is 31.1 Å². The Morgan fingerprint density at radius 3 is 2.27 bits per heavy atom. The summed E-state index contributed by atoms with van der Waals surface area (Å²) in [5, 5.41) is 6.55. The Morgan fingerprint density at radius 2 is 1.53 bits per heavy atom. The molecule has 11 heteroatoms. The number of hydrogen-bond donors (Lipinski definition) is 0. The molecule has 7 rings (SSSR count). The van der Waals surface area contributed by atoms with Crippen LogP contribution in [0.4, 0.5) is 26.3 Å². The van der Waals surface area contributed by atoms with Crippen molar-refractivity contribution >= 4 is 21.8 Å². The van der Waals surface area contributed by atoms with Gasteiger partial charge in [0.2, 0.25) is 0 Å². The summed E-state index contributed by atoms with van der Waals surface area (Å²) in [5.41, 5.74) is 3.24. The van der Waals surface area contributed by atoms with E-state index in [0.717, 1.165) is 44.8 Å². The molecule has 0 fully saturated rings. The molecule has 6 aromatic rings. The minimum Gasteiger partial charge on any atom is -0.457 e. The van der Waals surface area contributed by atoms with Gasteiger partial charge in [0.1, 0.15) is 17.3 Å². The maximum atomic E-state index is 14.2. The topological polar surface area (TPSA) is 44.9 Å². The lowest BCUT2D eigenvalue weighted by Gasteiger charge is -2.35. The van der Waals surface area contributed by atoms with Crippen LogP contribution in [0.25, 0.3) is 33.3 Å². The minimum atomic E-state index is -4.91. The molecular weight excluding hydrogens is 642 g/mol. The van der Waals surface area contributed by atoms with E-state index in [-0.39, 0.29) is 23.4 Å². The third-order valence-corrected chi connectivity index (χ3v) is 9.28. The van der Waals surface area contributed by atoms with Gasteiger partial charge in [0.15, 0.2) is 0 Å². The summed E-state index contributed by atoms with van der Waals surface area (Å²) in [7, 11) is 0. The van der Waals surface area contributed by atoms with Crippen LogP contribution in [0.1, 0.15) is 46.8 Å². The summed E-state index contributed by atoms with van der Waals surface area (Å²) < 4.78 is 94.9. The van der Waals surface area contributed by atoms with Crippen molar-refractivity contribution in [2.75, 3.05) is 0 Å². The fraction of sp³-hybridized carbons (Fsp3) is 0.263. The van der Waals surface area contributed by atoms with Crippen LogP contribution in [0.15, 0.2) is 90.6 Å². The standard InChI is InChI=1S/C38H32F6N4O/c1-21-14-15-45-34(18-21)47-32-11-6-5-8-28(32)29-13-12-26(20-33(29)47)49-27-17-22(2)16-25(19-27)48-24(4)35(23(3)46-48)36-30(37(39,40)41)9-7-10-31(36)38(42,43)44/h5-6,8-9,11-20,31,36H,7,10H2,1-4H3/t31-,36+/m0/s1. The van der Waals surface area contributed by atoms with E-state index in [0.29, 0.717) is 17.2 Å². The van der Waals surface area contributed by atoms with Crippen LogP contribution in [0.3, 0.4) is 0 Å². The van der Waals surface area contributed by atoms with Crippen molar-refractivity contribution in [3.63, 3.8) is 0 Å². The Bertz CT molecular complexity index is 2260. The third-order valence-electron chi connectivity index (χ3n) is 9.28. The molecule has 0 saturated carbocycles. The number of benzene rings is 3. The zero-order valence-electron chi connectivity index (χ0n) is 27.1. The van der Waals surface area contributed by atoms with Crippen molar-refractivity contribution in [2.24, 2.45) is 5.92 Å². The first kappa shape index (κ1) is 32.5. The third kappa shape index (κ3) is 5.85. The Kier molecular flexibility index (Phi) is 7.84. The largest absolute Gasteiger partial charge is 0.457 e. The van der Waals surface area contributed by atoms with E-state index in [1.807, 2.05) is 68.4 Å². The minimum absolute atomic E-state index is 0.0578. The molecule has 0 spiro atoms. The number of allylic oxidation sites excluding steroid dienone is 2. The van der Waals surface area contributed by atoms with E-state index in [4.69, 9.17) is 4.74 Å². The molecule has 3 aromatic carbocycles. The molecule has 0 unspecified atom stereocenters. The Hall–Kier alpha value is -5.06. The van der Waals surface area contributed by atoms with Crippen molar-refractivity contribution in [1.82, 2.24) is 19.3 Å². The number of aryl methyl sites for hydroxylation is 3. The highest BCUT2D eigenvalue weighted by molar-refractivity contribution is 6.09. The average molecular weight is 675 g/mol. The van der Waals surface area contributed by atoms with Crippen molar-refractivity contribution in [3.8, 4) is 23.0 Å². The van der Waals surface area contributed by atoms with Crippen LogP contribution in [0, 0.1) is 33.6 Å². The lowest BCUT2D eigenvalue weighted by atomic mass is 9.73. The van der Waals surface area contributed by atoms with E-state index in [9.17, 15) is 26.3 Å². The Balaban J connectivity index is 1.30. The summed E-state index contributed by atoms with van der Waals surface area (Å²) in [6, 6.07) is 23.0. The highest BCUT2D eigenvalue weighted by atomic mass is 19.4. The van der Waals surface area contributed by atoms with Crippen LogP contribution in [0.5, 0.6) is 11.5 Å².